The van der Waals surface area contributed by atoms with Crippen molar-refractivity contribution in [1.82, 2.24) is 0 Å². The number of hydrogen-bond donors (Lipinski definition) is 0. The molecule has 0 bridgehead atoms. The van der Waals surface area contributed by atoms with Crippen LogP contribution in [0.1, 0.15) is 109 Å². The highest BCUT2D eigenvalue weighted by molar-refractivity contribution is 4.74. The Labute approximate surface area is 125 Å². The summed E-state index contributed by atoms with van der Waals surface area (Å²) in [5, 5.41) is 0. The highest BCUT2D eigenvalue weighted by Gasteiger charge is 2.23. The van der Waals surface area contributed by atoms with Crippen molar-refractivity contribution in [2.24, 2.45) is 16.2 Å². The summed E-state index contributed by atoms with van der Waals surface area (Å²) < 4.78 is 0. The Kier molecular flexibility index (Phi) is 12.4. The Morgan fingerprint density at radius 2 is 1.11 bits per heavy atom. The minimum Gasteiger partial charge on any atom is -0.0776 e. The minimum absolute atomic E-state index is 0. The lowest BCUT2D eigenvalue weighted by Crippen LogP contribution is -2.19. The Morgan fingerprint density at radius 1 is 0.684 bits per heavy atom. The molecule has 0 aromatic heterocycles. The molecule has 0 saturated heterocycles. The minimum atomic E-state index is 0. The molecule has 0 radical (unpaired) electrons. The molecule has 19 heavy (non-hydrogen) atoms. The summed E-state index contributed by atoms with van der Waals surface area (Å²) in [5.41, 5.74) is 1.56. The third-order valence-electron chi connectivity index (χ3n) is 3.25. The summed E-state index contributed by atoms with van der Waals surface area (Å²) in [7, 11) is 0. The maximum absolute atomic E-state index is 2.35. The SMILES string of the molecule is C.CCC(C)(C)CC(C)(C)C.CCCCC(C)(C)C. The molecule has 0 rings (SSSR count). The second-order valence-electron chi connectivity index (χ2n) is 8.92. The Morgan fingerprint density at radius 3 is 1.21 bits per heavy atom. The molecule has 0 fully saturated rings. The third-order valence-corrected chi connectivity index (χ3v) is 3.25. The van der Waals surface area contributed by atoms with Crippen LogP contribution in [0.25, 0.3) is 0 Å². The van der Waals surface area contributed by atoms with Gasteiger partial charge < -0.3 is 0 Å². The molecular formula is C19H44. The number of rotatable bonds is 4. The predicted octanol–water partition coefficient (Wildman–Crippen LogP) is 7.72. The van der Waals surface area contributed by atoms with Crippen molar-refractivity contribution >= 4 is 0 Å². The van der Waals surface area contributed by atoms with Crippen molar-refractivity contribution in [3.63, 3.8) is 0 Å². The molecule has 0 amide bonds. The lowest BCUT2D eigenvalue weighted by Gasteiger charge is -2.31. The second kappa shape index (κ2) is 9.83. The maximum atomic E-state index is 2.35. The van der Waals surface area contributed by atoms with Gasteiger partial charge in [-0.25, -0.2) is 0 Å². The van der Waals surface area contributed by atoms with Crippen LogP contribution in [0.3, 0.4) is 0 Å². The summed E-state index contributed by atoms with van der Waals surface area (Å²) in [5.74, 6) is 0. The topological polar surface area (TPSA) is 0 Å². The van der Waals surface area contributed by atoms with Crippen molar-refractivity contribution < 1.29 is 0 Å². The van der Waals surface area contributed by atoms with E-state index in [0.717, 1.165) is 0 Å². The van der Waals surface area contributed by atoms with E-state index in [-0.39, 0.29) is 7.43 Å². The van der Waals surface area contributed by atoms with Gasteiger partial charge in [0.15, 0.2) is 0 Å². The van der Waals surface area contributed by atoms with Crippen molar-refractivity contribution in [2.45, 2.75) is 109 Å². The van der Waals surface area contributed by atoms with Crippen LogP contribution >= 0.6 is 0 Å². The van der Waals surface area contributed by atoms with Gasteiger partial charge >= 0.3 is 0 Å². The monoisotopic (exact) mass is 272 g/mol. The Hall–Kier alpha value is 0. The normalized spacial score (nSPS) is 12.3. The van der Waals surface area contributed by atoms with Crippen molar-refractivity contribution in [1.29, 1.82) is 0 Å². The molecule has 0 aliphatic heterocycles. The van der Waals surface area contributed by atoms with E-state index in [1.807, 2.05) is 0 Å². The summed E-state index contributed by atoms with van der Waals surface area (Å²) in [4.78, 5) is 0. The molecule has 120 valence electrons. The van der Waals surface area contributed by atoms with Gasteiger partial charge in [-0.3, -0.25) is 0 Å². The van der Waals surface area contributed by atoms with Gasteiger partial charge in [-0.1, -0.05) is 95.9 Å². The summed E-state index contributed by atoms with van der Waals surface area (Å²) in [6.07, 6.45) is 6.67. The first-order valence-corrected chi connectivity index (χ1v) is 7.83. The summed E-state index contributed by atoms with van der Waals surface area (Å²) >= 11 is 0. The smallest absolute Gasteiger partial charge is 0.0352 e. The quantitative estimate of drug-likeness (QED) is 0.491. The molecule has 0 aromatic rings. The Bertz CT molecular complexity index is 185. The van der Waals surface area contributed by atoms with E-state index in [1.54, 1.807) is 0 Å². The van der Waals surface area contributed by atoms with Crippen molar-refractivity contribution in [3.05, 3.63) is 0 Å². The molecule has 0 aliphatic carbocycles. The van der Waals surface area contributed by atoms with E-state index in [2.05, 4.69) is 69.2 Å². The van der Waals surface area contributed by atoms with Crippen LogP contribution in [0, 0.1) is 16.2 Å². The lowest BCUT2D eigenvalue weighted by atomic mass is 9.75. The van der Waals surface area contributed by atoms with Crippen LogP contribution in [0.4, 0.5) is 0 Å². The van der Waals surface area contributed by atoms with Gasteiger partial charge in [0.25, 0.3) is 0 Å². The predicted molar refractivity (Wildman–Crippen MR) is 93.9 cm³/mol. The van der Waals surface area contributed by atoms with Crippen LogP contribution in [0.2, 0.25) is 0 Å². The van der Waals surface area contributed by atoms with Crippen LogP contribution in [-0.2, 0) is 0 Å². The fraction of sp³-hybridized carbons (Fsp3) is 1.00. The molecule has 0 saturated carbocycles. The largest absolute Gasteiger partial charge is 0.0776 e. The van der Waals surface area contributed by atoms with Gasteiger partial charge in [0.1, 0.15) is 0 Å². The molecule has 0 nitrogen and oxygen atoms in total. The molecule has 0 spiro atoms. The van der Waals surface area contributed by atoms with E-state index >= 15 is 0 Å². The fourth-order valence-electron chi connectivity index (χ4n) is 2.27. The molecule has 0 unspecified atom stereocenters. The zero-order chi connectivity index (χ0) is 15.0. The zero-order valence-corrected chi connectivity index (χ0v) is 15.0. The lowest BCUT2D eigenvalue weighted by molar-refractivity contribution is 0.206. The van der Waals surface area contributed by atoms with Crippen LogP contribution < -0.4 is 0 Å². The molecule has 0 aliphatic rings. The first-order valence-electron chi connectivity index (χ1n) is 7.83. The average Bonchev–Trinajstić information content (AvgIpc) is 2.11. The van der Waals surface area contributed by atoms with E-state index < -0.39 is 0 Å². The first kappa shape index (κ1) is 24.0. The van der Waals surface area contributed by atoms with E-state index in [9.17, 15) is 0 Å². The van der Waals surface area contributed by atoms with Gasteiger partial charge in [0, 0.05) is 0 Å². The Balaban J connectivity index is -0.000000262. The highest BCUT2D eigenvalue weighted by Crippen LogP contribution is 2.35. The zero-order valence-electron chi connectivity index (χ0n) is 15.0. The average molecular weight is 273 g/mol. The van der Waals surface area contributed by atoms with Gasteiger partial charge in [-0.2, -0.15) is 0 Å². The van der Waals surface area contributed by atoms with E-state index in [1.165, 1.54) is 32.1 Å². The number of unbranched alkanes of at least 4 members (excludes halogenated alkanes) is 1. The highest BCUT2D eigenvalue weighted by atomic mass is 14.3. The third kappa shape index (κ3) is 23.5. The van der Waals surface area contributed by atoms with Crippen LogP contribution in [-0.4, -0.2) is 0 Å². The molecular weight excluding hydrogens is 228 g/mol. The molecule has 0 atom stereocenters. The molecule has 0 heteroatoms. The van der Waals surface area contributed by atoms with Crippen molar-refractivity contribution in [2.75, 3.05) is 0 Å². The van der Waals surface area contributed by atoms with Gasteiger partial charge in [-0.05, 0) is 29.1 Å². The second-order valence-corrected chi connectivity index (χ2v) is 8.92. The van der Waals surface area contributed by atoms with Gasteiger partial charge in [0.05, 0.1) is 0 Å². The van der Waals surface area contributed by atoms with Crippen LogP contribution in [0.5, 0.6) is 0 Å². The summed E-state index contributed by atoms with van der Waals surface area (Å²) in [6.45, 7) is 23.0. The molecule has 0 N–H and O–H groups in total. The maximum Gasteiger partial charge on any atom is -0.0352 e. The van der Waals surface area contributed by atoms with E-state index in [4.69, 9.17) is 0 Å². The molecule has 0 aromatic carbocycles. The molecule has 0 heterocycles. The summed E-state index contributed by atoms with van der Waals surface area (Å²) in [6, 6.07) is 0. The van der Waals surface area contributed by atoms with Gasteiger partial charge in [0.2, 0.25) is 0 Å². The fourth-order valence-corrected chi connectivity index (χ4v) is 2.27. The standard InChI is InChI=1S/C10H22.C8H18.CH4/c1-7-10(5,6)8-9(2,3)4;1-5-6-7-8(2,3)4;/h7-8H2,1-6H3;5-7H2,1-4H3;1H4. The van der Waals surface area contributed by atoms with Crippen LogP contribution in [0.15, 0.2) is 0 Å². The van der Waals surface area contributed by atoms with Gasteiger partial charge in [-0.15, -0.1) is 0 Å². The number of hydrogen-bond acceptors (Lipinski definition) is 0. The first-order chi connectivity index (χ1) is 7.83. The van der Waals surface area contributed by atoms with Crippen molar-refractivity contribution in [3.8, 4) is 0 Å². The van der Waals surface area contributed by atoms with E-state index in [0.29, 0.717) is 16.2 Å².